The van der Waals surface area contributed by atoms with Crippen molar-refractivity contribution in [1.82, 2.24) is 10.1 Å². The highest BCUT2D eigenvalue weighted by atomic mass is 16.6. The van der Waals surface area contributed by atoms with E-state index in [0.717, 1.165) is 12.0 Å². The van der Waals surface area contributed by atoms with E-state index in [1.807, 2.05) is 30.3 Å². The van der Waals surface area contributed by atoms with E-state index in [1.54, 1.807) is 12.1 Å². The zero-order valence-corrected chi connectivity index (χ0v) is 12.5. The molecule has 1 unspecified atom stereocenters. The summed E-state index contributed by atoms with van der Waals surface area (Å²) in [5.41, 5.74) is 1.84. The number of non-ortho nitro benzene ring substituents is 1. The molecule has 1 aromatic heterocycles. The Morgan fingerprint density at radius 1 is 1.13 bits per heavy atom. The highest BCUT2D eigenvalue weighted by Crippen LogP contribution is 2.28. The maximum Gasteiger partial charge on any atom is 0.269 e. The molecule has 3 aromatic rings. The van der Waals surface area contributed by atoms with Gasteiger partial charge in [0.25, 0.3) is 5.69 Å². The maximum absolute atomic E-state index is 10.7. The predicted molar refractivity (Wildman–Crippen MR) is 85.0 cm³/mol. The van der Waals surface area contributed by atoms with Crippen LogP contribution in [0, 0.1) is 10.1 Å². The molecule has 3 rings (SSSR count). The summed E-state index contributed by atoms with van der Waals surface area (Å²) >= 11 is 0. The lowest BCUT2D eigenvalue weighted by atomic mass is 9.96. The van der Waals surface area contributed by atoms with Gasteiger partial charge in [0.1, 0.15) is 0 Å². The van der Waals surface area contributed by atoms with Gasteiger partial charge in [-0.05, 0) is 24.1 Å². The number of nitro benzene ring substituents is 1. The molecule has 23 heavy (non-hydrogen) atoms. The Morgan fingerprint density at radius 3 is 2.43 bits per heavy atom. The van der Waals surface area contributed by atoms with Gasteiger partial charge in [0, 0.05) is 17.7 Å². The van der Waals surface area contributed by atoms with Gasteiger partial charge in [0.2, 0.25) is 11.7 Å². The number of aromatic nitrogens is 2. The molecule has 1 heterocycles. The summed E-state index contributed by atoms with van der Waals surface area (Å²) < 4.78 is 5.41. The summed E-state index contributed by atoms with van der Waals surface area (Å²) in [6.07, 6.45) is 0.839. The molecule has 0 amide bonds. The van der Waals surface area contributed by atoms with Crippen LogP contribution in [0.1, 0.15) is 30.7 Å². The van der Waals surface area contributed by atoms with Gasteiger partial charge in [-0.25, -0.2) is 0 Å². The van der Waals surface area contributed by atoms with Gasteiger partial charge in [0.05, 0.1) is 10.8 Å². The molecule has 1 atom stereocenters. The van der Waals surface area contributed by atoms with E-state index in [9.17, 15) is 10.1 Å². The summed E-state index contributed by atoms with van der Waals surface area (Å²) in [5, 5.41) is 14.7. The number of hydrogen-bond donors (Lipinski definition) is 0. The summed E-state index contributed by atoms with van der Waals surface area (Å²) in [7, 11) is 0. The van der Waals surface area contributed by atoms with Crippen LogP contribution in [0.2, 0.25) is 0 Å². The molecule has 116 valence electrons. The SMILES string of the molecule is CCC(c1ccccc1)c1nc(-c2ccc([N+](=O)[O-])cc2)no1. The van der Waals surface area contributed by atoms with E-state index in [4.69, 9.17) is 4.52 Å². The van der Waals surface area contributed by atoms with Crippen molar-refractivity contribution in [3.63, 3.8) is 0 Å². The van der Waals surface area contributed by atoms with Gasteiger partial charge in [-0.15, -0.1) is 0 Å². The minimum atomic E-state index is -0.437. The lowest BCUT2D eigenvalue weighted by molar-refractivity contribution is -0.384. The average molecular weight is 309 g/mol. The Morgan fingerprint density at radius 2 is 1.83 bits per heavy atom. The Kier molecular flexibility index (Phi) is 4.14. The first-order valence-electron chi connectivity index (χ1n) is 7.32. The molecule has 0 saturated carbocycles. The van der Waals surface area contributed by atoms with Crippen molar-refractivity contribution in [2.75, 3.05) is 0 Å². The van der Waals surface area contributed by atoms with Crippen LogP contribution >= 0.6 is 0 Å². The van der Waals surface area contributed by atoms with Gasteiger partial charge in [-0.1, -0.05) is 42.4 Å². The predicted octanol–water partition coefficient (Wildman–Crippen LogP) is 4.19. The van der Waals surface area contributed by atoms with Crippen LogP contribution in [0.3, 0.4) is 0 Å². The van der Waals surface area contributed by atoms with Crippen molar-refractivity contribution >= 4 is 5.69 Å². The highest BCUT2D eigenvalue weighted by Gasteiger charge is 2.20. The molecule has 0 aliphatic rings. The fourth-order valence-corrected chi connectivity index (χ4v) is 2.46. The first-order valence-corrected chi connectivity index (χ1v) is 7.32. The third kappa shape index (κ3) is 3.11. The van der Waals surface area contributed by atoms with E-state index >= 15 is 0 Å². The van der Waals surface area contributed by atoms with Crippen LogP contribution < -0.4 is 0 Å². The van der Waals surface area contributed by atoms with Crippen LogP contribution in [0.4, 0.5) is 5.69 Å². The molecular weight excluding hydrogens is 294 g/mol. The van der Waals surface area contributed by atoms with Crippen LogP contribution in [-0.4, -0.2) is 15.1 Å². The Labute approximate surface area is 132 Å². The maximum atomic E-state index is 10.7. The quantitative estimate of drug-likeness (QED) is 0.521. The molecule has 0 aliphatic carbocycles. The number of rotatable bonds is 5. The van der Waals surface area contributed by atoms with Crippen LogP contribution in [-0.2, 0) is 0 Å². The molecule has 0 fully saturated rings. The molecular formula is C17H15N3O3. The van der Waals surface area contributed by atoms with Gasteiger partial charge in [0.15, 0.2) is 0 Å². The summed E-state index contributed by atoms with van der Waals surface area (Å²) in [4.78, 5) is 14.7. The van der Waals surface area contributed by atoms with Gasteiger partial charge < -0.3 is 4.52 Å². The number of hydrogen-bond acceptors (Lipinski definition) is 5. The van der Waals surface area contributed by atoms with Crippen molar-refractivity contribution in [2.45, 2.75) is 19.3 Å². The second-order valence-electron chi connectivity index (χ2n) is 5.13. The van der Waals surface area contributed by atoms with E-state index in [-0.39, 0.29) is 11.6 Å². The van der Waals surface area contributed by atoms with Crippen molar-refractivity contribution in [2.24, 2.45) is 0 Å². The molecule has 0 spiro atoms. The largest absolute Gasteiger partial charge is 0.338 e. The molecule has 6 heteroatoms. The number of nitro groups is 1. The van der Waals surface area contributed by atoms with Crippen LogP contribution in [0.5, 0.6) is 0 Å². The summed E-state index contributed by atoms with van der Waals surface area (Å²) in [6, 6.07) is 16.1. The fraction of sp³-hybridized carbons (Fsp3) is 0.176. The molecule has 2 aromatic carbocycles. The average Bonchev–Trinajstić information content (AvgIpc) is 3.06. The van der Waals surface area contributed by atoms with Crippen molar-refractivity contribution in [1.29, 1.82) is 0 Å². The molecule has 0 N–H and O–H groups in total. The summed E-state index contributed by atoms with van der Waals surface area (Å²) in [6.45, 7) is 2.06. The van der Waals surface area contributed by atoms with E-state index < -0.39 is 4.92 Å². The first kappa shape index (κ1) is 14.9. The number of nitrogens with zero attached hydrogens (tertiary/aromatic N) is 3. The van der Waals surface area contributed by atoms with E-state index in [1.165, 1.54) is 12.1 Å². The van der Waals surface area contributed by atoms with E-state index in [2.05, 4.69) is 17.1 Å². The van der Waals surface area contributed by atoms with Gasteiger partial charge in [-0.2, -0.15) is 4.98 Å². The second kappa shape index (κ2) is 6.39. The first-order chi connectivity index (χ1) is 11.2. The molecule has 0 saturated heterocycles. The molecule has 6 nitrogen and oxygen atoms in total. The molecule has 0 aliphatic heterocycles. The third-order valence-electron chi connectivity index (χ3n) is 3.69. The Hall–Kier alpha value is -3.02. The van der Waals surface area contributed by atoms with Gasteiger partial charge >= 0.3 is 0 Å². The topological polar surface area (TPSA) is 82.1 Å². The summed E-state index contributed by atoms with van der Waals surface area (Å²) in [5.74, 6) is 1.02. The zero-order chi connectivity index (χ0) is 16.2. The minimum Gasteiger partial charge on any atom is -0.338 e. The zero-order valence-electron chi connectivity index (χ0n) is 12.5. The minimum absolute atomic E-state index is 0.0354. The molecule has 0 bridgehead atoms. The van der Waals surface area contributed by atoms with Crippen LogP contribution in [0.25, 0.3) is 11.4 Å². The van der Waals surface area contributed by atoms with E-state index in [0.29, 0.717) is 17.3 Å². The lowest BCUT2D eigenvalue weighted by Gasteiger charge is -2.09. The normalized spacial score (nSPS) is 12.0. The Bertz CT molecular complexity index is 797. The smallest absolute Gasteiger partial charge is 0.269 e. The van der Waals surface area contributed by atoms with Crippen LogP contribution in [0.15, 0.2) is 59.1 Å². The standard InChI is InChI=1S/C17H15N3O3/c1-2-15(12-6-4-3-5-7-12)17-18-16(19-23-17)13-8-10-14(11-9-13)20(21)22/h3-11,15H,2H2,1H3. The molecule has 0 radical (unpaired) electrons. The van der Waals surface area contributed by atoms with Gasteiger partial charge in [-0.3, -0.25) is 10.1 Å². The van der Waals surface area contributed by atoms with Crippen molar-refractivity contribution < 1.29 is 9.45 Å². The monoisotopic (exact) mass is 309 g/mol. The fourth-order valence-electron chi connectivity index (χ4n) is 2.46. The lowest BCUT2D eigenvalue weighted by Crippen LogP contribution is -1.99. The van der Waals surface area contributed by atoms with Crippen molar-refractivity contribution in [3.05, 3.63) is 76.2 Å². The third-order valence-corrected chi connectivity index (χ3v) is 3.69. The number of benzene rings is 2. The Balaban J connectivity index is 1.89. The van der Waals surface area contributed by atoms with Crippen molar-refractivity contribution in [3.8, 4) is 11.4 Å². The highest BCUT2D eigenvalue weighted by molar-refractivity contribution is 5.56. The second-order valence-corrected chi connectivity index (χ2v) is 5.13.